The minimum Gasteiger partial charge on any atom is -0.354 e. The summed E-state index contributed by atoms with van der Waals surface area (Å²) in [6.45, 7) is 2.40. The SMILES string of the molecule is CN=C(NCCn1cccn1)N(C)Cc1ccccc1Br. The van der Waals surface area contributed by atoms with E-state index in [9.17, 15) is 0 Å². The van der Waals surface area contributed by atoms with Crippen molar-refractivity contribution in [1.29, 1.82) is 0 Å². The van der Waals surface area contributed by atoms with Gasteiger partial charge in [-0.3, -0.25) is 9.67 Å². The van der Waals surface area contributed by atoms with Crippen molar-refractivity contribution in [3.8, 4) is 0 Å². The number of hydrogen-bond acceptors (Lipinski definition) is 2. The second-order valence-electron chi connectivity index (χ2n) is 4.69. The van der Waals surface area contributed by atoms with Crippen molar-refractivity contribution in [2.45, 2.75) is 13.1 Å². The van der Waals surface area contributed by atoms with Crippen LogP contribution in [0.4, 0.5) is 0 Å². The van der Waals surface area contributed by atoms with E-state index in [1.165, 1.54) is 5.56 Å². The van der Waals surface area contributed by atoms with Gasteiger partial charge in [-0.1, -0.05) is 34.1 Å². The lowest BCUT2D eigenvalue weighted by atomic mass is 10.2. The van der Waals surface area contributed by atoms with Crippen LogP contribution < -0.4 is 5.32 Å². The lowest BCUT2D eigenvalue weighted by Crippen LogP contribution is -2.39. The van der Waals surface area contributed by atoms with Gasteiger partial charge in [0.25, 0.3) is 0 Å². The number of hydrogen-bond donors (Lipinski definition) is 1. The number of halogens is 1. The Labute approximate surface area is 133 Å². The molecule has 112 valence electrons. The molecule has 0 amide bonds. The molecule has 2 aromatic rings. The number of aliphatic imine (C=N–C) groups is 1. The van der Waals surface area contributed by atoms with Crippen molar-refractivity contribution in [1.82, 2.24) is 20.0 Å². The molecule has 1 heterocycles. The van der Waals surface area contributed by atoms with Crippen LogP contribution in [0.15, 0.2) is 52.2 Å². The first kappa shape index (κ1) is 15.6. The number of benzene rings is 1. The fourth-order valence-electron chi connectivity index (χ4n) is 2.06. The molecule has 6 heteroatoms. The summed E-state index contributed by atoms with van der Waals surface area (Å²) in [5, 5.41) is 7.53. The van der Waals surface area contributed by atoms with Gasteiger partial charge in [0.15, 0.2) is 5.96 Å². The maximum absolute atomic E-state index is 4.32. The molecular weight excluding hydrogens is 330 g/mol. The number of nitrogens with one attached hydrogen (secondary N) is 1. The Hall–Kier alpha value is -1.82. The lowest BCUT2D eigenvalue weighted by molar-refractivity contribution is 0.469. The van der Waals surface area contributed by atoms with Crippen LogP contribution in [0, 0.1) is 0 Å². The van der Waals surface area contributed by atoms with Gasteiger partial charge < -0.3 is 10.2 Å². The molecule has 1 N–H and O–H groups in total. The summed E-state index contributed by atoms with van der Waals surface area (Å²) in [5.74, 6) is 0.873. The molecule has 1 aromatic carbocycles. The van der Waals surface area contributed by atoms with Crippen molar-refractivity contribution in [2.24, 2.45) is 4.99 Å². The Kier molecular flexibility index (Phi) is 5.80. The molecule has 1 aromatic heterocycles. The molecule has 5 nitrogen and oxygen atoms in total. The van der Waals surface area contributed by atoms with E-state index in [0.29, 0.717) is 0 Å². The quantitative estimate of drug-likeness (QED) is 0.665. The molecular formula is C15H20BrN5. The predicted octanol–water partition coefficient (Wildman–Crippen LogP) is 2.35. The van der Waals surface area contributed by atoms with E-state index in [1.807, 2.05) is 36.1 Å². The van der Waals surface area contributed by atoms with Gasteiger partial charge in [-0.15, -0.1) is 0 Å². The van der Waals surface area contributed by atoms with Gasteiger partial charge in [-0.25, -0.2) is 0 Å². The Morgan fingerprint density at radius 2 is 2.19 bits per heavy atom. The summed E-state index contributed by atoms with van der Waals surface area (Å²) in [4.78, 5) is 6.42. The minimum atomic E-state index is 0.786. The van der Waals surface area contributed by atoms with E-state index in [1.54, 1.807) is 13.2 Å². The van der Waals surface area contributed by atoms with Crippen LogP contribution in [-0.4, -0.2) is 41.3 Å². The number of aromatic nitrogens is 2. The van der Waals surface area contributed by atoms with Gasteiger partial charge in [0.2, 0.25) is 0 Å². The normalized spacial score (nSPS) is 11.5. The Bertz CT molecular complexity index is 580. The molecule has 0 bridgehead atoms. The smallest absolute Gasteiger partial charge is 0.193 e. The number of nitrogens with zero attached hydrogens (tertiary/aromatic N) is 4. The molecule has 21 heavy (non-hydrogen) atoms. The molecule has 0 spiro atoms. The second kappa shape index (κ2) is 7.83. The van der Waals surface area contributed by atoms with Crippen LogP contribution in [0.1, 0.15) is 5.56 Å². The first-order valence-corrected chi connectivity index (χ1v) is 7.62. The summed E-state index contributed by atoms with van der Waals surface area (Å²) in [7, 11) is 3.83. The van der Waals surface area contributed by atoms with Crippen LogP contribution in [0.5, 0.6) is 0 Å². The van der Waals surface area contributed by atoms with Gasteiger partial charge in [0.1, 0.15) is 0 Å². The third kappa shape index (κ3) is 4.60. The molecule has 0 aliphatic rings. The van der Waals surface area contributed by atoms with Crippen LogP contribution in [0.3, 0.4) is 0 Å². The average molecular weight is 350 g/mol. The molecule has 0 atom stereocenters. The lowest BCUT2D eigenvalue weighted by Gasteiger charge is -2.22. The van der Waals surface area contributed by atoms with Gasteiger partial charge >= 0.3 is 0 Å². The third-order valence-corrected chi connectivity index (χ3v) is 3.90. The first-order chi connectivity index (χ1) is 10.2. The maximum Gasteiger partial charge on any atom is 0.193 e. The topological polar surface area (TPSA) is 45.5 Å². The largest absolute Gasteiger partial charge is 0.354 e. The highest BCUT2D eigenvalue weighted by Gasteiger charge is 2.08. The van der Waals surface area contributed by atoms with Crippen LogP contribution in [0.2, 0.25) is 0 Å². The minimum absolute atomic E-state index is 0.786. The van der Waals surface area contributed by atoms with Crippen LogP contribution in [0.25, 0.3) is 0 Å². The monoisotopic (exact) mass is 349 g/mol. The highest BCUT2D eigenvalue weighted by molar-refractivity contribution is 9.10. The molecule has 0 aliphatic carbocycles. The van der Waals surface area contributed by atoms with E-state index < -0.39 is 0 Å². The highest BCUT2D eigenvalue weighted by Crippen LogP contribution is 2.17. The maximum atomic E-state index is 4.32. The van der Waals surface area contributed by atoms with E-state index >= 15 is 0 Å². The Morgan fingerprint density at radius 1 is 1.38 bits per heavy atom. The van der Waals surface area contributed by atoms with E-state index in [-0.39, 0.29) is 0 Å². The fraction of sp³-hybridized carbons (Fsp3) is 0.333. The summed E-state index contributed by atoms with van der Waals surface area (Å²) < 4.78 is 3.01. The van der Waals surface area contributed by atoms with E-state index in [2.05, 4.69) is 48.4 Å². The Balaban J connectivity index is 1.87. The summed E-state index contributed by atoms with van der Waals surface area (Å²) in [6, 6.07) is 10.1. The zero-order chi connectivity index (χ0) is 15.1. The first-order valence-electron chi connectivity index (χ1n) is 6.83. The zero-order valence-corrected chi connectivity index (χ0v) is 13.9. The van der Waals surface area contributed by atoms with Gasteiger partial charge in [0, 0.05) is 44.1 Å². The molecule has 0 radical (unpaired) electrons. The van der Waals surface area contributed by atoms with Crippen molar-refractivity contribution < 1.29 is 0 Å². The van der Waals surface area contributed by atoms with Crippen molar-refractivity contribution >= 4 is 21.9 Å². The second-order valence-corrected chi connectivity index (χ2v) is 5.54. The number of guanidine groups is 1. The van der Waals surface area contributed by atoms with Crippen molar-refractivity contribution in [3.05, 3.63) is 52.8 Å². The summed E-state index contributed by atoms with van der Waals surface area (Å²) in [6.07, 6.45) is 3.74. The predicted molar refractivity (Wildman–Crippen MR) is 89.2 cm³/mol. The molecule has 0 saturated heterocycles. The summed E-state index contributed by atoms with van der Waals surface area (Å²) in [5.41, 5.74) is 1.23. The van der Waals surface area contributed by atoms with E-state index in [0.717, 1.165) is 30.1 Å². The fourth-order valence-corrected chi connectivity index (χ4v) is 2.47. The van der Waals surface area contributed by atoms with E-state index in [4.69, 9.17) is 0 Å². The molecule has 2 rings (SSSR count). The number of rotatable bonds is 5. The van der Waals surface area contributed by atoms with Crippen LogP contribution >= 0.6 is 15.9 Å². The third-order valence-electron chi connectivity index (χ3n) is 3.12. The van der Waals surface area contributed by atoms with Crippen molar-refractivity contribution in [3.63, 3.8) is 0 Å². The molecule has 0 fully saturated rings. The molecule has 0 aliphatic heterocycles. The average Bonchev–Trinajstić information content (AvgIpc) is 2.99. The zero-order valence-electron chi connectivity index (χ0n) is 12.3. The summed E-state index contributed by atoms with van der Waals surface area (Å²) >= 11 is 3.58. The standard InChI is InChI=1S/C15H20BrN5/c1-17-15(18-9-11-21-10-5-8-19-21)20(2)12-13-6-3-4-7-14(13)16/h3-8,10H,9,11-12H2,1-2H3,(H,17,18). The molecule has 0 saturated carbocycles. The van der Waals surface area contributed by atoms with Crippen molar-refractivity contribution in [2.75, 3.05) is 20.6 Å². The van der Waals surface area contributed by atoms with Crippen LogP contribution in [-0.2, 0) is 13.1 Å². The highest BCUT2D eigenvalue weighted by atomic mass is 79.9. The Morgan fingerprint density at radius 3 is 2.86 bits per heavy atom. The molecule has 0 unspecified atom stereocenters. The van der Waals surface area contributed by atoms with Gasteiger partial charge in [-0.2, -0.15) is 5.10 Å². The van der Waals surface area contributed by atoms with Gasteiger partial charge in [0.05, 0.1) is 6.54 Å². The van der Waals surface area contributed by atoms with Gasteiger partial charge in [-0.05, 0) is 17.7 Å².